The lowest BCUT2D eigenvalue weighted by atomic mass is 9.48. The van der Waals surface area contributed by atoms with E-state index in [0.29, 0.717) is 5.92 Å². The van der Waals surface area contributed by atoms with Crippen molar-refractivity contribution in [1.82, 2.24) is 4.90 Å². The first-order valence-corrected chi connectivity index (χ1v) is 8.83. The summed E-state index contributed by atoms with van der Waals surface area (Å²) in [6, 6.07) is 13.0. The highest BCUT2D eigenvalue weighted by atomic mass is 16.1. The first-order chi connectivity index (χ1) is 11.3. The molecule has 24 heavy (non-hydrogen) atoms. The molecule has 0 unspecified atom stereocenters. The van der Waals surface area contributed by atoms with E-state index >= 15 is 0 Å². The molecule has 1 heterocycles. The van der Waals surface area contributed by atoms with Gasteiger partial charge in [0.15, 0.2) is 0 Å². The number of hydrogen-bond donors (Lipinski definition) is 1. The fourth-order valence-electron chi connectivity index (χ4n) is 5.32. The van der Waals surface area contributed by atoms with Crippen LogP contribution in [0.25, 0.3) is 10.8 Å². The van der Waals surface area contributed by atoms with Crippen molar-refractivity contribution in [3.8, 4) is 0 Å². The van der Waals surface area contributed by atoms with Crippen molar-refractivity contribution in [2.75, 3.05) is 13.1 Å². The molecule has 0 spiro atoms. The summed E-state index contributed by atoms with van der Waals surface area (Å²) in [6.45, 7) is 9.39. The van der Waals surface area contributed by atoms with Crippen LogP contribution in [0.3, 0.4) is 0 Å². The number of likely N-dealkylation sites (tertiary alicyclic amines) is 1. The Morgan fingerprint density at radius 3 is 2.67 bits per heavy atom. The monoisotopic (exact) mass is 322 g/mol. The zero-order valence-corrected chi connectivity index (χ0v) is 14.8. The molecular weight excluding hydrogens is 296 g/mol. The number of primary amides is 1. The molecule has 2 fully saturated rings. The van der Waals surface area contributed by atoms with Gasteiger partial charge in [0.05, 0.1) is 5.41 Å². The van der Waals surface area contributed by atoms with E-state index in [1.54, 1.807) is 0 Å². The van der Waals surface area contributed by atoms with Crippen molar-refractivity contribution in [3.05, 3.63) is 47.5 Å². The Balaban J connectivity index is 1.66. The Kier molecular flexibility index (Phi) is 3.30. The van der Waals surface area contributed by atoms with E-state index in [4.69, 9.17) is 5.73 Å². The molecular formula is C21H26N2O. The highest BCUT2D eigenvalue weighted by molar-refractivity contribution is 5.87. The number of amides is 1. The zero-order chi connectivity index (χ0) is 17.1. The van der Waals surface area contributed by atoms with Crippen LogP contribution in [0, 0.1) is 23.7 Å². The molecule has 1 amide bonds. The van der Waals surface area contributed by atoms with E-state index in [-0.39, 0.29) is 16.7 Å². The number of carbonyl (C=O) groups is 1. The first kappa shape index (κ1) is 15.6. The third-order valence-electron chi connectivity index (χ3n) is 6.48. The number of benzene rings is 2. The second-order valence-corrected chi connectivity index (χ2v) is 8.49. The van der Waals surface area contributed by atoms with Gasteiger partial charge in [-0.05, 0) is 46.6 Å². The second kappa shape index (κ2) is 5.06. The number of aryl methyl sites for hydroxylation is 1. The molecule has 1 aliphatic carbocycles. The van der Waals surface area contributed by atoms with Crippen molar-refractivity contribution >= 4 is 16.7 Å². The third kappa shape index (κ3) is 2.11. The lowest BCUT2D eigenvalue weighted by Gasteiger charge is -2.54. The van der Waals surface area contributed by atoms with Crippen molar-refractivity contribution in [2.24, 2.45) is 22.5 Å². The third-order valence-corrected chi connectivity index (χ3v) is 6.48. The highest BCUT2D eigenvalue weighted by Gasteiger charge is 2.65. The van der Waals surface area contributed by atoms with E-state index in [1.807, 2.05) is 0 Å². The van der Waals surface area contributed by atoms with Gasteiger partial charge in [-0.1, -0.05) is 50.2 Å². The van der Waals surface area contributed by atoms with E-state index < -0.39 is 0 Å². The maximum absolute atomic E-state index is 12.1. The number of rotatable bonds is 3. The summed E-state index contributed by atoms with van der Waals surface area (Å²) < 4.78 is 0. The van der Waals surface area contributed by atoms with Crippen molar-refractivity contribution < 1.29 is 4.79 Å². The van der Waals surface area contributed by atoms with E-state index in [2.05, 4.69) is 62.1 Å². The molecule has 2 aliphatic rings. The van der Waals surface area contributed by atoms with Gasteiger partial charge in [-0.3, -0.25) is 9.69 Å². The number of carbonyl (C=O) groups excluding carboxylic acids is 1. The topological polar surface area (TPSA) is 46.3 Å². The van der Waals surface area contributed by atoms with Crippen molar-refractivity contribution in [3.63, 3.8) is 0 Å². The van der Waals surface area contributed by atoms with Gasteiger partial charge in [-0.15, -0.1) is 0 Å². The molecule has 2 aromatic rings. The molecule has 1 aliphatic heterocycles. The van der Waals surface area contributed by atoms with Crippen LogP contribution in [0.2, 0.25) is 0 Å². The van der Waals surface area contributed by atoms with Gasteiger partial charge in [0.2, 0.25) is 5.91 Å². The van der Waals surface area contributed by atoms with E-state index in [1.165, 1.54) is 21.9 Å². The van der Waals surface area contributed by atoms with Gasteiger partial charge in [0, 0.05) is 19.6 Å². The Hall–Kier alpha value is -1.87. The average Bonchev–Trinajstić information content (AvgIpc) is 2.85. The average molecular weight is 322 g/mol. The lowest BCUT2D eigenvalue weighted by Crippen LogP contribution is -2.59. The molecule has 2 N–H and O–H groups in total. The van der Waals surface area contributed by atoms with Gasteiger partial charge in [0.25, 0.3) is 0 Å². The van der Waals surface area contributed by atoms with Crippen LogP contribution in [0.5, 0.6) is 0 Å². The normalized spacial score (nSPS) is 28.5. The summed E-state index contributed by atoms with van der Waals surface area (Å²) in [5.74, 6) is 0.279. The summed E-state index contributed by atoms with van der Waals surface area (Å²) in [6.07, 6.45) is 0.922. The van der Waals surface area contributed by atoms with Gasteiger partial charge < -0.3 is 5.73 Å². The quantitative estimate of drug-likeness (QED) is 0.940. The number of nitrogens with two attached hydrogens (primary N) is 1. The molecule has 4 rings (SSSR count). The summed E-state index contributed by atoms with van der Waals surface area (Å²) in [5.41, 5.74) is 8.42. The summed E-state index contributed by atoms with van der Waals surface area (Å²) in [5, 5.41) is 2.61. The van der Waals surface area contributed by atoms with Gasteiger partial charge >= 0.3 is 0 Å². The molecule has 126 valence electrons. The van der Waals surface area contributed by atoms with E-state index in [0.717, 1.165) is 26.1 Å². The Morgan fingerprint density at radius 2 is 2.00 bits per heavy atom. The zero-order valence-electron chi connectivity index (χ0n) is 14.8. The maximum atomic E-state index is 12.1. The molecule has 0 radical (unpaired) electrons. The number of fused-ring (bicyclic) bond motifs is 2. The molecule has 3 heteroatoms. The van der Waals surface area contributed by atoms with Crippen LogP contribution < -0.4 is 5.73 Å². The van der Waals surface area contributed by atoms with Crippen LogP contribution in [0.1, 0.15) is 31.4 Å². The van der Waals surface area contributed by atoms with Crippen LogP contribution in [-0.2, 0) is 11.3 Å². The largest absolute Gasteiger partial charge is 0.369 e. The molecule has 1 saturated heterocycles. The fraction of sp³-hybridized carbons (Fsp3) is 0.476. The summed E-state index contributed by atoms with van der Waals surface area (Å²) in [4.78, 5) is 14.6. The number of hydrogen-bond acceptors (Lipinski definition) is 2. The van der Waals surface area contributed by atoms with Crippen LogP contribution >= 0.6 is 0 Å². The molecule has 0 aromatic heterocycles. The Bertz CT molecular complexity index is 826. The maximum Gasteiger partial charge on any atom is 0.225 e. The lowest BCUT2D eigenvalue weighted by molar-refractivity contribution is -0.148. The predicted molar refractivity (Wildman–Crippen MR) is 97.5 cm³/mol. The van der Waals surface area contributed by atoms with E-state index in [9.17, 15) is 4.79 Å². The summed E-state index contributed by atoms with van der Waals surface area (Å²) >= 11 is 0. The van der Waals surface area contributed by atoms with Crippen LogP contribution in [-0.4, -0.2) is 23.9 Å². The fourth-order valence-corrected chi connectivity index (χ4v) is 5.32. The first-order valence-electron chi connectivity index (χ1n) is 8.83. The van der Waals surface area contributed by atoms with Crippen LogP contribution in [0.15, 0.2) is 36.4 Å². The SMILES string of the molecule is Cc1ccc2ccccc2c1CN1C[C@@H]2C(C)(C)C[C@]2(C(N)=O)C1. The smallest absolute Gasteiger partial charge is 0.225 e. The van der Waals surface area contributed by atoms with Crippen molar-refractivity contribution in [1.29, 1.82) is 0 Å². The standard InChI is InChI=1S/C21H26N2O/c1-14-8-9-15-6-4-5-7-16(15)17(14)10-23-11-18-20(2,3)12-21(18,13-23)19(22)24/h4-9,18H,10-13H2,1-3H3,(H2,22,24)/t18-,21+/m1/s1. The highest BCUT2D eigenvalue weighted by Crippen LogP contribution is 2.62. The minimum absolute atomic E-state index is 0.107. The predicted octanol–water partition coefficient (Wildman–Crippen LogP) is 3.48. The molecule has 2 atom stereocenters. The summed E-state index contributed by atoms with van der Waals surface area (Å²) in [7, 11) is 0. The molecule has 0 bridgehead atoms. The Morgan fingerprint density at radius 1 is 1.25 bits per heavy atom. The number of nitrogens with zero attached hydrogens (tertiary/aromatic N) is 1. The Labute approximate surface area is 143 Å². The van der Waals surface area contributed by atoms with Gasteiger partial charge in [0.1, 0.15) is 0 Å². The van der Waals surface area contributed by atoms with Crippen LogP contribution in [0.4, 0.5) is 0 Å². The molecule has 3 nitrogen and oxygen atoms in total. The minimum atomic E-state index is -0.304. The van der Waals surface area contributed by atoms with Gasteiger partial charge in [-0.2, -0.15) is 0 Å². The van der Waals surface area contributed by atoms with Crippen molar-refractivity contribution in [2.45, 2.75) is 33.7 Å². The molecule has 1 saturated carbocycles. The second-order valence-electron chi connectivity index (χ2n) is 8.49. The molecule has 2 aromatic carbocycles. The minimum Gasteiger partial charge on any atom is -0.369 e. The van der Waals surface area contributed by atoms with Gasteiger partial charge in [-0.25, -0.2) is 0 Å².